The standard InChI is InChI=1S/C21H32N4O2/c1-15-19(16(2)23(4)22-15)14-24(13-18-9-6-5-7-10-18)21(27)20-11-8-12-25(20)17(3)26/h5-6,18,20H,7-14H2,1-4H3. The zero-order chi connectivity index (χ0) is 19.6. The molecule has 0 aromatic carbocycles. The Bertz CT molecular complexity index is 737. The van der Waals surface area contributed by atoms with Crippen molar-refractivity contribution in [2.45, 2.75) is 65.5 Å². The van der Waals surface area contributed by atoms with E-state index in [1.807, 2.05) is 23.6 Å². The van der Waals surface area contributed by atoms with E-state index >= 15 is 0 Å². The van der Waals surface area contributed by atoms with Crippen molar-refractivity contribution >= 4 is 11.8 Å². The number of allylic oxidation sites excluding steroid dienone is 2. The molecule has 0 spiro atoms. The zero-order valence-electron chi connectivity index (χ0n) is 17.1. The molecule has 1 fully saturated rings. The van der Waals surface area contributed by atoms with E-state index < -0.39 is 0 Å². The minimum Gasteiger partial charge on any atom is -0.336 e. The van der Waals surface area contributed by atoms with Crippen LogP contribution in [-0.2, 0) is 23.2 Å². The van der Waals surface area contributed by atoms with Crippen LogP contribution in [0, 0.1) is 19.8 Å². The van der Waals surface area contributed by atoms with Crippen LogP contribution in [-0.4, -0.2) is 50.5 Å². The third-order valence-electron chi connectivity index (χ3n) is 6.12. The summed E-state index contributed by atoms with van der Waals surface area (Å²) in [7, 11) is 1.94. The number of aryl methyl sites for hydroxylation is 2. The normalized spacial score (nSPS) is 22.3. The second-order valence-corrected chi connectivity index (χ2v) is 8.01. The maximum atomic E-state index is 13.5. The van der Waals surface area contributed by atoms with Gasteiger partial charge in [-0.25, -0.2) is 0 Å². The Balaban J connectivity index is 1.83. The van der Waals surface area contributed by atoms with Gasteiger partial charge in [-0.05, 0) is 51.9 Å². The summed E-state index contributed by atoms with van der Waals surface area (Å²) < 4.78 is 1.88. The van der Waals surface area contributed by atoms with Crippen LogP contribution in [0.2, 0.25) is 0 Å². The van der Waals surface area contributed by atoms with E-state index in [0.29, 0.717) is 19.0 Å². The maximum absolute atomic E-state index is 13.5. The van der Waals surface area contributed by atoms with Crippen LogP contribution in [0.1, 0.15) is 56.0 Å². The molecule has 0 N–H and O–H groups in total. The predicted octanol–water partition coefficient (Wildman–Crippen LogP) is 2.73. The topological polar surface area (TPSA) is 58.4 Å². The molecule has 1 saturated heterocycles. The summed E-state index contributed by atoms with van der Waals surface area (Å²) in [6.07, 6.45) is 9.36. The third-order valence-corrected chi connectivity index (χ3v) is 6.12. The van der Waals surface area contributed by atoms with Crippen LogP contribution in [0.5, 0.6) is 0 Å². The Labute approximate surface area is 162 Å². The molecule has 0 saturated carbocycles. The van der Waals surface area contributed by atoms with Crippen LogP contribution in [0.3, 0.4) is 0 Å². The Morgan fingerprint density at radius 2 is 2.04 bits per heavy atom. The number of hydrogen-bond acceptors (Lipinski definition) is 3. The van der Waals surface area contributed by atoms with Crippen LogP contribution in [0.4, 0.5) is 0 Å². The first kappa shape index (κ1) is 19.6. The molecule has 1 aromatic rings. The molecule has 2 amide bonds. The first-order chi connectivity index (χ1) is 12.9. The fraction of sp³-hybridized carbons (Fsp3) is 0.667. The van der Waals surface area contributed by atoms with Gasteiger partial charge in [0.1, 0.15) is 6.04 Å². The van der Waals surface area contributed by atoms with E-state index in [4.69, 9.17) is 0 Å². The van der Waals surface area contributed by atoms with E-state index in [2.05, 4.69) is 24.2 Å². The van der Waals surface area contributed by atoms with Gasteiger partial charge in [0.2, 0.25) is 11.8 Å². The molecule has 0 bridgehead atoms. The lowest BCUT2D eigenvalue weighted by atomic mass is 9.93. The van der Waals surface area contributed by atoms with Gasteiger partial charge in [-0.3, -0.25) is 14.3 Å². The summed E-state index contributed by atoms with van der Waals surface area (Å²) in [6.45, 7) is 7.64. The molecule has 1 aromatic heterocycles. The number of rotatable bonds is 5. The second-order valence-electron chi connectivity index (χ2n) is 8.01. The first-order valence-electron chi connectivity index (χ1n) is 10.1. The number of carbonyl (C=O) groups excluding carboxylic acids is 2. The molecular weight excluding hydrogens is 340 g/mol. The van der Waals surface area contributed by atoms with E-state index in [0.717, 1.165) is 55.6 Å². The van der Waals surface area contributed by atoms with Crippen LogP contribution < -0.4 is 0 Å². The monoisotopic (exact) mass is 372 g/mol. The predicted molar refractivity (Wildman–Crippen MR) is 105 cm³/mol. The Morgan fingerprint density at radius 3 is 2.63 bits per heavy atom. The SMILES string of the molecule is CC(=O)N1CCCC1C(=O)N(Cc1c(C)nn(C)c1C)CC1CC=CCC1. The van der Waals surface area contributed by atoms with Gasteiger partial charge >= 0.3 is 0 Å². The van der Waals surface area contributed by atoms with Gasteiger partial charge in [0, 0.05) is 44.9 Å². The quantitative estimate of drug-likeness (QED) is 0.747. The summed E-state index contributed by atoms with van der Waals surface area (Å²) in [5.41, 5.74) is 3.21. The molecule has 2 aliphatic rings. The summed E-state index contributed by atoms with van der Waals surface area (Å²) in [4.78, 5) is 29.2. The van der Waals surface area contributed by atoms with Crippen molar-refractivity contribution in [1.29, 1.82) is 0 Å². The summed E-state index contributed by atoms with van der Waals surface area (Å²) in [5.74, 6) is 0.587. The van der Waals surface area contributed by atoms with Crippen molar-refractivity contribution in [3.05, 3.63) is 29.1 Å². The maximum Gasteiger partial charge on any atom is 0.245 e. The lowest BCUT2D eigenvalue weighted by Crippen LogP contribution is -2.48. The van der Waals surface area contributed by atoms with Gasteiger partial charge < -0.3 is 9.80 Å². The molecule has 1 aliphatic carbocycles. The average molecular weight is 373 g/mol. The molecule has 1 aliphatic heterocycles. The van der Waals surface area contributed by atoms with E-state index in [1.54, 1.807) is 11.8 Å². The molecule has 6 heteroatoms. The Kier molecular flexibility index (Phi) is 6.02. The number of nitrogens with zero attached hydrogens (tertiary/aromatic N) is 4. The van der Waals surface area contributed by atoms with Crippen molar-refractivity contribution in [3.8, 4) is 0 Å². The average Bonchev–Trinajstić information content (AvgIpc) is 3.22. The zero-order valence-corrected chi connectivity index (χ0v) is 17.1. The molecule has 2 unspecified atom stereocenters. The van der Waals surface area contributed by atoms with E-state index in [9.17, 15) is 9.59 Å². The van der Waals surface area contributed by atoms with Crippen molar-refractivity contribution in [3.63, 3.8) is 0 Å². The minimum atomic E-state index is -0.307. The summed E-state index contributed by atoms with van der Waals surface area (Å²) in [6, 6.07) is -0.307. The molecule has 2 heterocycles. The van der Waals surface area contributed by atoms with Crippen LogP contribution >= 0.6 is 0 Å². The van der Waals surface area contributed by atoms with Gasteiger partial charge in [-0.1, -0.05) is 12.2 Å². The third kappa shape index (κ3) is 4.25. The number of carbonyl (C=O) groups is 2. The molecule has 2 atom stereocenters. The molecular formula is C21H32N4O2. The first-order valence-corrected chi connectivity index (χ1v) is 10.1. The van der Waals surface area contributed by atoms with E-state index in [1.165, 1.54) is 0 Å². The fourth-order valence-corrected chi connectivity index (χ4v) is 4.41. The molecule has 6 nitrogen and oxygen atoms in total. The van der Waals surface area contributed by atoms with Gasteiger partial charge in [0.05, 0.1) is 5.69 Å². The lowest BCUT2D eigenvalue weighted by molar-refractivity contribution is -0.143. The molecule has 148 valence electrons. The largest absolute Gasteiger partial charge is 0.336 e. The molecule has 27 heavy (non-hydrogen) atoms. The summed E-state index contributed by atoms with van der Waals surface area (Å²) in [5, 5.41) is 4.51. The van der Waals surface area contributed by atoms with Crippen molar-refractivity contribution in [2.24, 2.45) is 13.0 Å². The number of amides is 2. The van der Waals surface area contributed by atoms with Crippen molar-refractivity contribution in [1.82, 2.24) is 19.6 Å². The molecule has 3 rings (SSSR count). The van der Waals surface area contributed by atoms with Gasteiger partial charge in [-0.15, -0.1) is 0 Å². The van der Waals surface area contributed by atoms with Crippen molar-refractivity contribution < 1.29 is 9.59 Å². The Hall–Kier alpha value is -2.11. The van der Waals surface area contributed by atoms with Crippen LogP contribution in [0.25, 0.3) is 0 Å². The minimum absolute atomic E-state index is 0.000128. The van der Waals surface area contributed by atoms with Crippen molar-refractivity contribution in [2.75, 3.05) is 13.1 Å². The number of likely N-dealkylation sites (tertiary alicyclic amines) is 1. The Morgan fingerprint density at radius 1 is 1.26 bits per heavy atom. The summed E-state index contributed by atoms with van der Waals surface area (Å²) >= 11 is 0. The number of hydrogen-bond donors (Lipinski definition) is 0. The van der Waals surface area contributed by atoms with E-state index in [-0.39, 0.29) is 17.9 Å². The highest BCUT2D eigenvalue weighted by Crippen LogP contribution is 2.25. The van der Waals surface area contributed by atoms with Gasteiger partial charge in [-0.2, -0.15) is 5.10 Å². The lowest BCUT2D eigenvalue weighted by Gasteiger charge is -2.33. The van der Waals surface area contributed by atoms with Gasteiger partial charge in [0.15, 0.2) is 0 Å². The number of aromatic nitrogens is 2. The highest BCUT2D eigenvalue weighted by Gasteiger charge is 2.36. The highest BCUT2D eigenvalue weighted by atomic mass is 16.2. The van der Waals surface area contributed by atoms with Gasteiger partial charge in [0.25, 0.3) is 0 Å². The van der Waals surface area contributed by atoms with Crippen LogP contribution in [0.15, 0.2) is 12.2 Å². The smallest absolute Gasteiger partial charge is 0.245 e. The highest BCUT2D eigenvalue weighted by molar-refractivity contribution is 5.87. The molecule has 0 radical (unpaired) electrons. The second kappa shape index (κ2) is 8.28. The fourth-order valence-electron chi connectivity index (χ4n) is 4.41.